The molecule has 38 nitrogen and oxygen atoms in total. The molecule has 0 spiro atoms. The van der Waals surface area contributed by atoms with E-state index < -0.39 is 350 Å². The second-order valence-corrected chi connectivity index (χ2v) is 35.2. The Morgan fingerprint density at radius 2 is 1.01 bits per heavy atom. The van der Waals surface area contributed by atoms with E-state index in [0.717, 1.165) is 28.3 Å². The number of ketones is 6. The highest BCUT2D eigenvalue weighted by molar-refractivity contribution is 6.43. The number of methoxy groups -OCH3 is 3. The first-order chi connectivity index (χ1) is 57.9. The van der Waals surface area contributed by atoms with E-state index >= 15 is 19.2 Å². The van der Waals surface area contributed by atoms with Crippen LogP contribution in [0.15, 0.2) is 11.8 Å². The predicted molar refractivity (Wildman–Crippen MR) is 413 cm³/mol. The van der Waals surface area contributed by atoms with Crippen molar-refractivity contribution in [3.05, 3.63) is 50.8 Å². The Hall–Kier alpha value is -6.72. The lowest BCUT2D eigenvalue weighted by Gasteiger charge is -2.60. The molecule has 2 saturated carbocycles. The number of benzene rings is 3. The quantitative estimate of drug-likeness (QED) is 0.0632. The largest absolute Gasteiger partial charge is 0.507 e. The minimum atomic E-state index is -3.22. The Kier molecular flexibility index (Phi) is 24.5. The fourth-order valence-electron chi connectivity index (χ4n) is 21.8. The van der Waals surface area contributed by atoms with Gasteiger partial charge in [0.2, 0.25) is 23.1 Å². The SMILES string of the molecule is CCC[C@@]12O[C@H]3c4c(O)c5c(c(O)c4C(=O)[C@]1(O)[C@H]3[C@@H](O[C@@H]1C[C@H](O)[C@H](O)[C@H](C)O1)[C@H](O)[C@H]2O[C@H]1CC[C@H](O[C@H]2C[C@@H](O)[C@@](O)(C(C)=O)[C@H](C)O2)[C@@H](C)O1)C(=O)C(c1c(OC)c(OC)c2cc3c(c(O)c2c1O)C(=O)[C@]1(O)[C@@H](C3)[C@H](O[C@H]2C[C@@H](O)[C@H](O)[C@H](C)O2)[C@H](O)[C@@H](O[C@H]2CC[C@H](O[C@H]3CC[C@@](O)(C(C)=O)[C@H](C)O3)[C@@H](C)O2)[C@@]1(O)CCC)=C(OC)C5=O. The van der Waals surface area contributed by atoms with Crippen molar-refractivity contribution in [1.29, 1.82) is 0 Å². The van der Waals surface area contributed by atoms with Crippen LogP contribution in [0.25, 0.3) is 16.3 Å². The summed E-state index contributed by atoms with van der Waals surface area (Å²) in [6.45, 7) is 14.7. The molecule has 38 heteroatoms. The summed E-state index contributed by atoms with van der Waals surface area (Å²) in [5.41, 5.74) is -22.3. The molecule has 9 fully saturated rings. The van der Waals surface area contributed by atoms with Gasteiger partial charge in [0.1, 0.15) is 76.4 Å². The molecular weight excluding hydrogens is 1630 g/mol. The summed E-state index contributed by atoms with van der Waals surface area (Å²) in [6.07, 6.45) is -38.5. The van der Waals surface area contributed by atoms with Crippen LogP contribution >= 0.6 is 0 Å². The van der Waals surface area contributed by atoms with Crippen molar-refractivity contribution in [3.63, 3.8) is 0 Å². The molecule has 16 N–H and O–H groups in total. The predicted octanol–water partition coefficient (Wildman–Crippen LogP) is 1.37. The number of carbonyl (C=O) groups is 6. The first kappa shape index (κ1) is 91.0. The first-order valence-corrected chi connectivity index (χ1v) is 42.1. The molecule has 7 aliphatic heterocycles. The molecule has 3 aromatic carbocycles. The number of fused-ring (bicyclic) bond motifs is 6. The van der Waals surface area contributed by atoms with Gasteiger partial charge in [-0.05, 0) is 106 Å². The van der Waals surface area contributed by atoms with Crippen LogP contribution in [0.4, 0.5) is 0 Å². The number of aromatic hydroxyl groups is 4. The third kappa shape index (κ3) is 13.7. The van der Waals surface area contributed by atoms with Crippen molar-refractivity contribution >= 4 is 51.0 Å². The Labute approximate surface area is 705 Å². The highest BCUT2D eigenvalue weighted by atomic mass is 16.8. The lowest BCUT2D eigenvalue weighted by atomic mass is 9.53. The normalized spacial score (nSPS) is 43.5. The zero-order valence-electron chi connectivity index (χ0n) is 70.3. The Morgan fingerprint density at radius 1 is 0.496 bits per heavy atom. The van der Waals surface area contributed by atoms with Crippen LogP contribution < -0.4 is 9.47 Å². The molecule has 680 valence electrons. The molecule has 4 bridgehead atoms. The molecule has 0 aromatic heterocycles. The standard InChI is InChI=1S/C85H112O38/c1-14-21-81(104)78(121-45-18-16-42(29(3)111-45)117-47-20-23-80(103,33(7)86)35(9)115-47)68(99)71(119-48-26-40(88)60(91)31(5)113-48)39-25-37-24-38-52(62(93)51(37)76(101)84(39,81)106)63(94)56(74(110-13)70(38)108-11)55-64(95)53-54(67(98)73(55)109-12)65(96)57-58(66(53)97)77(102)85(107)59-72(57)123-82(85,22-15-2)79(69(100)75(59)120-49-27-41(89)61(92)32(6)114-49)122-46-19-17-43(30(4)112-46)118-50-28-44(90)83(105,34(8)87)36(10)116-50/h24,29-32,35-36,39-50,59-61,68-69,71-72,75,78-79,88-94,96-97,99-100,103-107H,14-23,25-28H2,1-13H3/t29-,30-,31+,32+,35+,36+,39+,40-,41+,42+,43+,44-,45+,46+,47+,48+,49-,50+,59-,60-,61-,68+,69+,71+,72+,75-,78-,79-,80-,81+,82+,83-,84-,85-/m1/s1. The molecule has 5 aliphatic carbocycles. The van der Waals surface area contributed by atoms with Crippen LogP contribution in [-0.4, -0.2) is 325 Å². The maximum absolute atomic E-state index is 16.4. The summed E-state index contributed by atoms with van der Waals surface area (Å²) >= 11 is 0. The van der Waals surface area contributed by atoms with Gasteiger partial charge in [-0.3, -0.25) is 28.8 Å². The Bertz CT molecular complexity index is 4670. The number of carbonyl (C=O) groups excluding carboxylic acids is 6. The van der Waals surface area contributed by atoms with Gasteiger partial charge in [-0.15, -0.1) is 0 Å². The van der Waals surface area contributed by atoms with Crippen molar-refractivity contribution in [2.24, 2.45) is 11.8 Å². The number of hydrogen-bond acceptors (Lipinski definition) is 38. The van der Waals surface area contributed by atoms with Gasteiger partial charge in [-0.25, -0.2) is 0 Å². The van der Waals surface area contributed by atoms with Crippen LogP contribution in [0.1, 0.15) is 217 Å². The molecule has 15 rings (SSSR count). The van der Waals surface area contributed by atoms with E-state index in [1.165, 1.54) is 33.8 Å². The van der Waals surface area contributed by atoms with E-state index in [0.29, 0.717) is 0 Å². The van der Waals surface area contributed by atoms with Crippen molar-refractivity contribution < 1.29 is 186 Å². The minimum Gasteiger partial charge on any atom is -0.507 e. The highest BCUT2D eigenvalue weighted by Crippen LogP contribution is 2.69. The van der Waals surface area contributed by atoms with Crippen molar-refractivity contribution in [3.8, 4) is 34.5 Å². The van der Waals surface area contributed by atoms with Gasteiger partial charge in [0.05, 0.1) is 151 Å². The number of hydrogen-bond donors (Lipinski definition) is 16. The van der Waals surface area contributed by atoms with E-state index in [-0.39, 0.29) is 75.2 Å². The van der Waals surface area contributed by atoms with Crippen LogP contribution in [0.2, 0.25) is 0 Å². The molecule has 7 heterocycles. The van der Waals surface area contributed by atoms with Gasteiger partial charge in [0.15, 0.2) is 83.4 Å². The van der Waals surface area contributed by atoms with Gasteiger partial charge in [-0.1, -0.05) is 26.7 Å². The van der Waals surface area contributed by atoms with E-state index in [2.05, 4.69) is 0 Å². The number of phenolic OH excluding ortho intramolecular Hbond substituents is 4. The van der Waals surface area contributed by atoms with E-state index in [1.54, 1.807) is 34.6 Å². The average Bonchev–Trinajstić information content (AvgIpc) is 1.55. The number of aliphatic hydroxyl groups is 12. The molecule has 0 radical (unpaired) electrons. The van der Waals surface area contributed by atoms with Crippen molar-refractivity contribution in [2.45, 2.75) is 353 Å². The van der Waals surface area contributed by atoms with Gasteiger partial charge in [-0.2, -0.15) is 0 Å². The number of rotatable bonds is 22. The van der Waals surface area contributed by atoms with Gasteiger partial charge < -0.3 is 157 Å². The molecule has 12 aliphatic rings. The van der Waals surface area contributed by atoms with Gasteiger partial charge in [0.25, 0.3) is 0 Å². The van der Waals surface area contributed by atoms with Crippen LogP contribution in [0.5, 0.6) is 34.5 Å². The third-order valence-corrected chi connectivity index (χ3v) is 28.3. The maximum Gasteiger partial charge on any atom is 0.232 e. The lowest BCUT2D eigenvalue weighted by molar-refractivity contribution is -0.358. The van der Waals surface area contributed by atoms with Gasteiger partial charge >= 0.3 is 0 Å². The molecule has 0 unspecified atom stereocenters. The van der Waals surface area contributed by atoms with Crippen LogP contribution in [0.3, 0.4) is 0 Å². The number of ether oxygens (including phenoxy) is 16. The molecule has 34 atom stereocenters. The van der Waals surface area contributed by atoms with E-state index in [9.17, 15) is 91.3 Å². The smallest absolute Gasteiger partial charge is 0.232 e. The second-order valence-electron chi connectivity index (χ2n) is 35.2. The average molecular weight is 1740 g/mol. The number of aliphatic hydroxyl groups excluding tert-OH is 7. The fourth-order valence-corrected chi connectivity index (χ4v) is 21.8. The van der Waals surface area contributed by atoms with Crippen molar-refractivity contribution in [1.82, 2.24) is 0 Å². The zero-order chi connectivity index (χ0) is 89.4. The maximum atomic E-state index is 16.4. The monoisotopic (exact) mass is 1740 g/mol. The summed E-state index contributed by atoms with van der Waals surface area (Å²) in [5.74, 6) is -17.7. The summed E-state index contributed by atoms with van der Waals surface area (Å²) in [5, 5.41) is 196. The lowest BCUT2D eigenvalue weighted by Crippen LogP contribution is -2.80. The first-order valence-electron chi connectivity index (χ1n) is 42.1. The fraction of sp³-hybridized carbons (Fsp3) is 0.718. The molecule has 123 heavy (non-hydrogen) atoms. The summed E-state index contributed by atoms with van der Waals surface area (Å²) in [7, 11) is 3.06. The third-order valence-electron chi connectivity index (χ3n) is 28.3. The van der Waals surface area contributed by atoms with Crippen LogP contribution in [-0.2, 0) is 82.3 Å². The molecule has 0 amide bonds. The zero-order valence-corrected chi connectivity index (χ0v) is 70.3. The van der Waals surface area contributed by atoms with E-state index in [4.69, 9.17) is 75.8 Å². The summed E-state index contributed by atoms with van der Waals surface area (Å²) in [4.78, 5) is 89.6. The molecule has 7 saturated heterocycles. The highest BCUT2D eigenvalue weighted by Gasteiger charge is 2.82. The number of Topliss-reactive ketones (excluding diaryl/α,β-unsaturated/α-hetero) is 6. The Balaban J connectivity index is 0.797. The second kappa shape index (κ2) is 33.1. The number of allylic oxidation sites excluding steroid dienone is 2. The number of phenols is 4. The summed E-state index contributed by atoms with van der Waals surface area (Å²) in [6, 6.07) is 1.24. The minimum absolute atomic E-state index is 0.0147. The molecular formula is C85H112O38. The summed E-state index contributed by atoms with van der Waals surface area (Å²) < 4.78 is 100. The van der Waals surface area contributed by atoms with Crippen molar-refractivity contribution in [2.75, 3.05) is 21.3 Å². The van der Waals surface area contributed by atoms with E-state index in [1.807, 2.05) is 0 Å². The van der Waals surface area contributed by atoms with Crippen LogP contribution in [0, 0.1) is 11.8 Å². The molecule has 3 aromatic rings. The topological polar surface area (TPSA) is 574 Å². The van der Waals surface area contributed by atoms with Gasteiger partial charge in [0, 0.05) is 55.4 Å². The Morgan fingerprint density at radius 3 is 1.54 bits per heavy atom.